The van der Waals surface area contributed by atoms with Gasteiger partial charge in [-0.3, -0.25) is 9.59 Å². The number of likely N-dealkylation sites (tertiary alicyclic amines) is 1. The van der Waals surface area contributed by atoms with Crippen molar-refractivity contribution in [3.05, 3.63) is 107 Å². The van der Waals surface area contributed by atoms with Crippen molar-refractivity contribution >= 4 is 17.4 Å². The van der Waals surface area contributed by atoms with Gasteiger partial charge in [0.2, 0.25) is 0 Å². The summed E-state index contributed by atoms with van der Waals surface area (Å²) < 4.78 is 5.48. The molecule has 0 aromatic heterocycles. The quantitative estimate of drug-likeness (QED) is 0.482. The summed E-state index contributed by atoms with van der Waals surface area (Å²) in [6.45, 7) is 6.73. The maximum absolute atomic E-state index is 13.9. The molecule has 2 bridgehead atoms. The third-order valence-corrected chi connectivity index (χ3v) is 9.28. The number of carbonyl (C=O) groups is 2. The molecule has 1 heterocycles. The minimum absolute atomic E-state index is 0.143. The number of para-hydroxylation sites is 1. The number of aryl methyl sites for hydroxylation is 1. The van der Waals surface area contributed by atoms with Crippen LogP contribution in [0, 0.1) is 18.3 Å². The van der Waals surface area contributed by atoms with Crippen molar-refractivity contribution in [2.24, 2.45) is 11.3 Å². The third-order valence-electron chi connectivity index (χ3n) is 9.28. The number of aliphatic carboxylic acids is 1. The minimum atomic E-state index is -1.06. The highest BCUT2D eigenvalue weighted by Crippen LogP contribution is 2.69. The predicted molar refractivity (Wildman–Crippen MR) is 143 cm³/mol. The maximum atomic E-state index is 13.9. The van der Waals surface area contributed by atoms with Gasteiger partial charge >= 0.3 is 5.97 Å². The second kappa shape index (κ2) is 8.34. The molecule has 1 amide bonds. The number of rotatable bonds is 5. The molecule has 1 saturated carbocycles. The average Bonchev–Trinajstić information content (AvgIpc) is 3.37. The first-order valence-corrected chi connectivity index (χ1v) is 12.9. The van der Waals surface area contributed by atoms with Crippen molar-refractivity contribution < 1.29 is 19.4 Å². The van der Waals surface area contributed by atoms with E-state index in [1.165, 1.54) is 11.1 Å². The molecule has 4 aliphatic rings. The summed E-state index contributed by atoms with van der Waals surface area (Å²) in [5.74, 6) is -0.860. The number of hydrogen-bond acceptors (Lipinski definition) is 3. The minimum Gasteiger partial charge on any atom is -0.496 e. The molecule has 1 saturated heterocycles. The van der Waals surface area contributed by atoms with Crippen LogP contribution in [-0.2, 0) is 15.0 Å². The highest BCUT2D eigenvalue weighted by atomic mass is 16.5. The summed E-state index contributed by atoms with van der Waals surface area (Å²) in [5, 5.41) is 10.9. The first-order valence-electron chi connectivity index (χ1n) is 12.9. The highest BCUT2D eigenvalue weighted by Gasteiger charge is 2.70. The van der Waals surface area contributed by atoms with E-state index in [1.54, 1.807) is 18.1 Å². The van der Waals surface area contributed by atoms with E-state index in [4.69, 9.17) is 4.74 Å². The molecule has 4 atom stereocenters. The number of carboxylic acid groups (broad SMARTS) is 1. The number of amides is 1. The van der Waals surface area contributed by atoms with E-state index in [1.807, 2.05) is 24.3 Å². The van der Waals surface area contributed by atoms with Gasteiger partial charge in [-0.2, -0.15) is 0 Å². The van der Waals surface area contributed by atoms with Gasteiger partial charge in [0.15, 0.2) is 0 Å². The van der Waals surface area contributed by atoms with E-state index in [2.05, 4.69) is 56.0 Å². The lowest BCUT2D eigenvalue weighted by Crippen LogP contribution is -2.60. The molecule has 5 nitrogen and oxygen atoms in total. The van der Waals surface area contributed by atoms with Crippen molar-refractivity contribution in [1.82, 2.24) is 4.90 Å². The number of methoxy groups -OCH3 is 1. The summed E-state index contributed by atoms with van der Waals surface area (Å²) in [6.07, 6.45) is 1.65. The number of carboxylic acids is 1. The molecule has 2 fully saturated rings. The molecule has 3 aliphatic carbocycles. The first kappa shape index (κ1) is 23.5. The van der Waals surface area contributed by atoms with Crippen LogP contribution in [0.25, 0.3) is 5.57 Å². The normalized spacial score (nSPS) is 27.4. The molecule has 37 heavy (non-hydrogen) atoms. The van der Waals surface area contributed by atoms with Gasteiger partial charge in [0.25, 0.3) is 5.91 Å². The summed E-state index contributed by atoms with van der Waals surface area (Å²) in [7, 11) is 1.57. The Labute approximate surface area is 217 Å². The molecule has 0 unspecified atom stereocenters. The standard InChI is InChI=1S/C32H31NO4/c1-20-12-14-22(15-13-20)31-17-16-26(24-9-4-6-10-25(24)31)32(30(35)36)19-33(18-28(31)32)29(34)21(2)23-8-5-7-11-27(23)37-3/h4-15,26,28H,2,16-19H2,1,3H3,(H,35,36)/t26-,28-,31-,32-/m1/s1. The highest BCUT2D eigenvalue weighted by molar-refractivity contribution is 6.19. The summed E-state index contributed by atoms with van der Waals surface area (Å²) in [4.78, 5) is 28.9. The van der Waals surface area contributed by atoms with Gasteiger partial charge in [0.05, 0.1) is 12.5 Å². The van der Waals surface area contributed by atoms with Crippen LogP contribution in [0.1, 0.15) is 46.6 Å². The average molecular weight is 494 g/mol. The Hall–Kier alpha value is -3.86. The van der Waals surface area contributed by atoms with Crippen molar-refractivity contribution in [3.63, 3.8) is 0 Å². The fraction of sp³-hybridized carbons (Fsp3) is 0.312. The molecule has 0 radical (unpaired) electrons. The zero-order valence-corrected chi connectivity index (χ0v) is 21.2. The monoisotopic (exact) mass is 493 g/mol. The van der Waals surface area contributed by atoms with Crippen LogP contribution in [0.15, 0.2) is 79.4 Å². The van der Waals surface area contributed by atoms with Gasteiger partial charge in [-0.25, -0.2) is 0 Å². The number of ether oxygens (including phenoxy) is 1. The van der Waals surface area contributed by atoms with Gasteiger partial charge < -0.3 is 14.7 Å². The summed E-state index contributed by atoms with van der Waals surface area (Å²) >= 11 is 0. The van der Waals surface area contributed by atoms with Crippen LogP contribution in [0.2, 0.25) is 0 Å². The van der Waals surface area contributed by atoms with Gasteiger partial charge in [-0.05, 0) is 42.5 Å². The van der Waals surface area contributed by atoms with E-state index in [0.29, 0.717) is 23.4 Å². The van der Waals surface area contributed by atoms with Gasteiger partial charge in [0.1, 0.15) is 5.75 Å². The lowest BCUT2D eigenvalue weighted by atomic mass is 9.42. The van der Waals surface area contributed by atoms with E-state index in [-0.39, 0.29) is 24.3 Å². The molecule has 5 heteroatoms. The van der Waals surface area contributed by atoms with Crippen LogP contribution in [-0.4, -0.2) is 42.1 Å². The Bertz CT molecular complexity index is 1430. The van der Waals surface area contributed by atoms with Crippen LogP contribution in [0.4, 0.5) is 0 Å². The molecule has 188 valence electrons. The zero-order valence-electron chi connectivity index (χ0n) is 21.2. The van der Waals surface area contributed by atoms with Gasteiger partial charge in [-0.15, -0.1) is 0 Å². The van der Waals surface area contributed by atoms with Crippen molar-refractivity contribution in [2.75, 3.05) is 20.2 Å². The van der Waals surface area contributed by atoms with E-state index < -0.39 is 16.8 Å². The van der Waals surface area contributed by atoms with Crippen LogP contribution in [0.3, 0.4) is 0 Å². The van der Waals surface area contributed by atoms with Crippen LogP contribution < -0.4 is 4.74 Å². The van der Waals surface area contributed by atoms with Crippen molar-refractivity contribution in [3.8, 4) is 5.75 Å². The Morgan fingerprint density at radius 3 is 2.46 bits per heavy atom. The molecule has 1 N–H and O–H groups in total. The number of hydrogen-bond donors (Lipinski definition) is 1. The molecular formula is C32H31NO4. The summed E-state index contributed by atoms with van der Waals surface area (Å²) in [6, 6.07) is 24.2. The molecule has 3 aromatic carbocycles. The molecule has 7 rings (SSSR count). The summed E-state index contributed by atoms with van der Waals surface area (Å²) in [5.41, 5.74) is 4.06. The smallest absolute Gasteiger partial charge is 0.312 e. The topological polar surface area (TPSA) is 66.8 Å². The largest absolute Gasteiger partial charge is 0.496 e. The second-order valence-electron chi connectivity index (χ2n) is 10.8. The lowest BCUT2D eigenvalue weighted by Gasteiger charge is -2.59. The van der Waals surface area contributed by atoms with Crippen LogP contribution in [0.5, 0.6) is 5.75 Å². The van der Waals surface area contributed by atoms with E-state index in [9.17, 15) is 14.7 Å². The second-order valence-corrected chi connectivity index (χ2v) is 10.8. The molecule has 0 spiro atoms. The number of benzene rings is 3. The van der Waals surface area contributed by atoms with E-state index in [0.717, 1.165) is 24.0 Å². The Kier molecular flexibility index (Phi) is 5.30. The molecular weight excluding hydrogens is 462 g/mol. The number of nitrogens with zero attached hydrogens (tertiary/aromatic N) is 1. The number of carbonyl (C=O) groups excluding carboxylic acids is 1. The fourth-order valence-electron chi connectivity index (χ4n) is 7.66. The Morgan fingerprint density at radius 2 is 1.73 bits per heavy atom. The maximum Gasteiger partial charge on any atom is 0.312 e. The van der Waals surface area contributed by atoms with Crippen molar-refractivity contribution in [1.29, 1.82) is 0 Å². The Balaban J connectivity index is 1.49. The van der Waals surface area contributed by atoms with Gasteiger partial charge in [-0.1, -0.05) is 78.9 Å². The van der Waals surface area contributed by atoms with Crippen LogP contribution >= 0.6 is 0 Å². The SMILES string of the molecule is C=C(C(=O)N1C[C@@H]2[C@@]3(c4ccc(C)cc4)CC[C@H](c4ccccc43)[C@]2(C(=O)O)C1)c1ccccc1OC. The molecule has 1 aliphatic heterocycles. The lowest BCUT2D eigenvalue weighted by molar-refractivity contribution is -0.157. The zero-order chi connectivity index (χ0) is 25.9. The third kappa shape index (κ3) is 3.09. The number of fused-ring (bicyclic) bond motifs is 1. The van der Waals surface area contributed by atoms with E-state index >= 15 is 0 Å². The molecule has 3 aromatic rings. The van der Waals surface area contributed by atoms with Crippen molar-refractivity contribution in [2.45, 2.75) is 31.1 Å². The van der Waals surface area contributed by atoms with Gasteiger partial charge in [0, 0.05) is 41.5 Å². The predicted octanol–water partition coefficient (Wildman–Crippen LogP) is 5.42. The fourth-order valence-corrected chi connectivity index (χ4v) is 7.66. The first-order chi connectivity index (χ1) is 17.8. The Morgan fingerprint density at radius 1 is 1.03 bits per heavy atom.